The number of piperazine rings is 1. The number of fused-ring (bicyclic) bond motifs is 1. The van der Waals surface area contributed by atoms with E-state index in [-0.39, 0.29) is 10.9 Å². The summed E-state index contributed by atoms with van der Waals surface area (Å²) in [6.45, 7) is 4.99. The van der Waals surface area contributed by atoms with E-state index in [0.29, 0.717) is 49.4 Å². The van der Waals surface area contributed by atoms with Crippen LogP contribution in [0.4, 0.5) is 11.6 Å². The van der Waals surface area contributed by atoms with E-state index in [1.54, 1.807) is 11.7 Å². The first kappa shape index (κ1) is 22.5. The summed E-state index contributed by atoms with van der Waals surface area (Å²) in [7, 11) is 1.62. The molecule has 2 N–H and O–H groups in total. The van der Waals surface area contributed by atoms with E-state index in [4.69, 9.17) is 17.0 Å². The molecule has 0 amide bonds. The molecule has 1 aliphatic heterocycles. The number of aromatic nitrogens is 3. The van der Waals surface area contributed by atoms with Crippen LogP contribution in [0.15, 0.2) is 41.5 Å². The number of anilines is 2. The van der Waals surface area contributed by atoms with E-state index in [9.17, 15) is 14.7 Å². The topological polar surface area (TPSA) is 113 Å². The molecule has 1 saturated heterocycles. The Bertz CT molecular complexity index is 1270. The lowest BCUT2D eigenvalue weighted by Crippen LogP contribution is -2.50. The molecule has 0 atom stereocenters. The Kier molecular flexibility index (Phi) is 6.40. The lowest BCUT2D eigenvalue weighted by atomic mass is 10.2. The number of ether oxygens (including phenoxy) is 1. The maximum atomic E-state index is 12.5. The van der Waals surface area contributed by atoms with Crippen molar-refractivity contribution in [1.82, 2.24) is 19.4 Å². The van der Waals surface area contributed by atoms with E-state index in [2.05, 4.69) is 20.2 Å². The molecule has 2 aromatic heterocycles. The molecular formula is C22H24N6O4S. The zero-order chi connectivity index (χ0) is 23.5. The Hall–Kier alpha value is -3.73. The third-order valence-electron chi connectivity index (χ3n) is 5.54. The Morgan fingerprint density at radius 1 is 1.27 bits per heavy atom. The van der Waals surface area contributed by atoms with Gasteiger partial charge in [0.25, 0.3) is 0 Å². The van der Waals surface area contributed by atoms with Crippen LogP contribution in [0.25, 0.3) is 11.0 Å². The van der Waals surface area contributed by atoms with E-state index >= 15 is 0 Å². The fourth-order valence-corrected chi connectivity index (χ4v) is 4.02. The van der Waals surface area contributed by atoms with Gasteiger partial charge in [-0.2, -0.15) is 4.98 Å². The number of carboxylic acid groups (broad SMARTS) is 1. The highest BCUT2D eigenvalue weighted by molar-refractivity contribution is 7.80. The van der Waals surface area contributed by atoms with Crippen LogP contribution in [-0.4, -0.2) is 68.9 Å². The molecule has 1 fully saturated rings. The number of benzene rings is 1. The van der Waals surface area contributed by atoms with Crippen molar-refractivity contribution in [2.24, 2.45) is 0 Å². The first-order valence-electron chi connectivity index (χ1n) is 10.5. The first-order chi connectivity index (χ1) is 15.9. The quantitative estimate of drug-likeness (QED) is 0.539. The predicted octanol–water partition coefficient (Wildman–Crippen LogP) is 2.04. The van der Waals surface area contributed by atoms with Gasteiger partial charge in [0, 0.05) is 56.9 Å². The zero-order valence-corrected chi connectivity index (χ0v) is 19.1. The summed E-state index contributed by atoms with van der Waals surface area (Å²) in [6.07, 6.45) is 2.75. The van der Waals surface area contributed by atoms with E-state index in [1.807, 2.05) is 36.1 Å². The van der Waals surface area contributed by atoms with Crippen molar-refractivity contribution < 1.29 is 14.6 Å². The van der Waals surface area contributed by atoms with Gasteiger partial charge in [0.15, 0.2) is 5.11 Å². The number of rotatable bonds is 5. The van der Waals surface area contributed by atoms with E-state index < -0.39 is 11.4 Å². The van der Waals surface area contributed by atoms with Gasteiger partial charge in [-0.15, -0.1) is 0 Å². The van der Waals surface area contributed by atoms with Gasteiger partial charge >= 0.3 is 5.97 Å². The highest BCUT2D eigenvalue weighted by atomic mass is 32.1. The van der Waals surface area contributed by atoms with Gasteiger partial charge in [0.2, 0.25) is 11.4 Å². The summed E-state index contributed by atoms with van der Waals surface area (Å²) >= 11 is 5.57. The predicted molar refractivity (Wildman–Crippen MR) is 129 cm³/mol. The maximum Gasteiger partial charge on any atom is 0.341 e. The number of carbonyl (C=O) groups is 1. The maximum absolute atomic E-state index is 12.5. The number of carboxylic acids is 1. The molecule has 0 radical (unpaired) electrons. The number of methoxy groups -OCH3 is 1. The van der Waals surface area contributed by atoms with Crippen LogP contribution in [0.3, 0.4) is 0 Å². The van der Waals surface area contributed by atoms with Crippen LogP contribution in [0.1, 0.15) is 17.3 Å². The number of nitrogens with one attached hydrogen (secondary N) is 1. The second kappa shape index (κ2) is 9.41. The third-order valence-corrected chi connectivity index (χ3v) is 5.90. The lowest BCUT2D eigenvalue weighted by Gasteiger charge is -2.36. The van der Waals surface area contributed by atoms with Crippen molar-refractivity contribution >= 4 is 46.0 Å². The van der Waals surface area contributed by atoms with Crippen LogP contribution in [0.5, 0.6) is 5.75 Å². The number of aryl methyl sites for hydroxylation is 1. The van der Waals surface area contributed by atoms with Crippen molar-refractivity contribution in [2.75, 3.05) is 43.5 Å². The Morgan fingerprint density at radius 3 is 2.70 bits per heavy atom. The highest BCUT2D eigenvalue weighted by Crippen LogP contribution is 2.19. The monoisotopic (exact) mass is 468 g/mol. The van der Waals surface area contributed by atoms with Crippen molar-refractivity contribution in [1.29, 1.82) is 0 Å². The summed E-state index contributed by atoms with van der Waals surface area (Å²) in [5, 5.41) is 13.4. The summed E-state index contributed by atoms with van der Waals surface area (Å²) in [6, 6.07) is 7.58. The number of hydrogen-bond acceptors (Lipinski definition) is 7. The van der Waals surface area contributed by atoms with Crippen molar-refractivity contribution in [3.05, 3.63) is 52.4 Å². The minimum atomic E-state index is -1.26. The average Bonchev–Trinajstić information content (AvgIpc) is 2.84. The van der Waals surface area contributed by atoms with Gasteiger partial charge in [0.1, 0.15) is 17.0 Å². The number of thiocarbonyl (C=S) groups is 1. The van der Waals surface area contributed by atoms with Gasteiger partial charge in [-0.3, -0.25) is 4.79 Å². The van der Waals surface area contributed by atoms with Gasteiger partial charge in [-0.25, -0.2) is 9.78 Å². The molecular weight excluding hydrogens is 444 g/mol. The fourth-order valence-electron chi connectivity index (χ4n) is 3.72. The lowest BCUT2D eigenvalue weighted by molar-refractivity contribution is 0.0695. The van der Waals surface area contributed by atoms with Gasteiger partial charge < -0.3 is 29.5 Å². The fraction of sp³-hybridized carbons (Fsp3) is 0.318. The van der Waals surface area contributed by atoms with Gasteiger partial charge in [-0.05, 0) is 31.3 Å². The molecule has 0 unspecified atom stereocenters. The number of nitrogens with zero attached hydrogens (tertiary/aromatic N) is 5. The summed E-state index contributed by atoms with van der Waals surface area (Å²) in [4.78, 5) is 37.0. The molecule has 3 aromatic rings. The number of aromatic carboxylic acids is 1. The molecule has 172 valence electrons. The van der Waals surface area contributed by atoms with Crippen LogP contribution in [0.2, 0.25) is 0 Å². The average molecular weight is 469 g/mol. The molecule has 0 aliphatic carbocycles. The Morgan fingerprint density at radius 2 is 2.03 bits per heavy atom. The number of pyridine rings is 1. The van der Waals surface area contributed by atoms with Crippen LogP contribution >= 0.6 is 12.2 Å². The van der Waals surface area contributed by atoms with E-state index in [1.165, 1.54) is 12.4 Å². The van der Waals surface area contributed by atoms with Crippen LogP contribution in [-0.2, 0) is 6.54 Å². The largest absolute Gasteiger partial charge is 0.497 e. The molecule has 0 saturated carbocycles. The molecule has 11 heteroatoms. The van der Waals surface area contributed by atoms with Crippen molar-refractivity contribution in [3.63, 3.8) is 0 Å². The minimum absolute atomic E-state index is 0.197. The molecule has 1 aliphatic rings. The van der Waals surface area contributed by atoms with Crippen molar-refractivity contribution in [3.8, 4) is 5.75 Å². The molecule has 0 bridgehead atoms. The smallest absolute Gasteiger partial charge is 0.341 e. The normalized spacial score (nSPS) is 13.8. The number of hydrogen-bond donors (Lipinski definition) is 2. The highest BCUT2D eigenvalue weighted by Gasteiger charge is 2.22. The minimum Gasteiger partial charge on any atom is -0.497 e. The van der Waals surface area contributed by atoms with Gasteiger partial charge in [-0.1, -0.05) is 6.07 Å². The summed E-state index contributed by atoms with van der Waals surface area (Å²) in [5.41, 5.74) is 0.423. The van der Waals surface area contributed by atoms with Crippen LogP contribution in [0, 0.1) is 0 Å². The molecule has 1 aromatic carbocycles. The second-order valence-electron chi connectivity index (χ2n) is 7.51. The second-order valence-corrected chi connectivity index (χ2v) is 7.89. The summed E-state index contributed by atoms with van der Waals surface area (Å²) in [5.74, 6) is -0.0107. The molecule has 3 heterocycles. The van der Waals surface area contributed by atoms with Crippen LogP contribution < -0.4 is 20.4 Å². The van der Waals surface area contributed by atoms with Gasteiger partial charge in [0.05, 0.1) is 12.5 Å². The zero-order valence-electron chi connectivity index (χ0n) is 18.3. The molecule has 0 spiro atoms. The SMILES string of the molecule is CCn1cc(C(=O)O)c(=O)c2cnc(N3CCN(C(=S)Nc4cccc(OC)c4)CC3)nc21. The van der Waals surface area contributed by atoms with E-state index in [0.717, 1.165) is 11.4 Å². The third kappa shape index (κ3) is 4.58. The first-order valence-corrected chi connectivity index (χ1v) is 10.9. The molecule has 4 rings (SSSR count). The Labute approximate surface area is 195 Å². The summed E-state index contributed by atoms with van der Waals surface area (Å²) < 4.78 is 6.91. The Balaban J connectivity index is 1.48. The standard InChI is InChI=1S/C22H24N6O4S/c1-3-26-13-17(20(30)31)18(29)16-12-23-21(25-19(16)26)27-7-9-28(10-8-27)22(33)24-14-5-4-6-15(11-14)32-2/h4-6,11-13H,3,7-10H2,1-2H3,(H,24,33)(H,30,31). The van der Waals surface area contributed by atoms with Crippen molar-refractivity contribution in [2.45, 2.75) is 13.5 Å². The molecule has 33 heavy (non-hydrogen) atoms. The molecule has 10 nitrogen and oxygen atoms in total.